The number of aromatic nitrogens is 1. The summed E-state index contributed by atoms with van der Waals surface area (Å²) in [6.45, 7) is 2.36. The van der Waals surface area contributed by atoms with Gasteiger partial charge >= 0.3 is 0 Å². The maximum atomic E-state index is 12.6. The van der Waals surface area contributed by atoms with Gasteiger partial charge in [-0.25, -0.2) is 0 Å². The van der Waals surface area contributed by atoms with Gasteiger partial charge in [-0.1, -0.05) is 18.2 Å². The normalized spacial score (nSPS) is 14.5. The fraction of sp³-hybridized carbons (Fsp3) is 0.333. The number of benzene rings is 1. The minimum absolute atomic E-state index is 0.0548. The third kappa shape index (κ3) is 3.32. The Morgan fingerprint density at radius 1 is 1.09 bits per heavy atom. The molecule has 0 amide bonds. The Balaban J connectivity index is 2.05. The molecule has 2 heterocycles. The van der Waals surface area contributed by atoms with Crippen molar-refractivity contribution in [1.29, 1.82) is 5.26 Å². The van der Waals surface area contributed by atoms with E-state index >= 15 is 0 Å². The van der Waals surface area contributed by atoms with Crippen molar-refractivity contribution < 1.29 is 0 Å². The fourth-order valence-electron chi connectivity index (χ4n) is 3.03. The summed E-state index contributed by atoms with van der Waals surface area (Å²) in [4.78, 5) is 14.9. The average molecular weight is 372 g/mol. The van der Waals surface area contributed by atoms with Gasteiger partial charge in [0.2, 0.25) is 0 Å². The molecule has 0 unspecified atom stereocenters. The Hall–Kier alpha value is -2.06. The van der Waals surface area contributed by atoms with Crippen LogP contribution in [0.25, 0.3) is 0 Å². The molecular formula is C18H18BrN3O. The highest BCUT2D eigenvalue weighted by Gasteiger charge is 2.17. The molecule has 1 aliphatic rings. The first kappa shape index (κ1) is 15.8. The second kappa shape index (κ2) is 7.01. The highest BCUT2D eigenvalue weighted by molar-refractivity contribution is 9.10. The lowest BCUT2D eigenvalue weighted by atomic mass is 10.1. The molecule has 0 aliphatic carbocycles. The molecule has 1 aromatic carbocycles. The number of pyridine rings is 1. The largest absolute Gasteiger partial charge is 0.358 e. The van der Waals surface area contributed by atoms with Crippen LogP contribution in [0.5, 0.6) is 0 Å². The number of nitriles is 1. The van der Waals surface area contributed by atoms with Gasteiger partial charge in [0.05, 0.1) is 22.7 Å². The predicted octanol–water partition coefficient (Wildman–Crippen LogP) is 3.52. The van der Waals surface area contributed by atoms with Gasteiger partial charge in [0, 0.05) is 13.1 Å². The zero-order valence-electron chi connectivity index (χ0n) is 12.8. The molecule has 0 spiro atoms. The molecule has 4 nitrogen and oxygen atoms in total. The van der Waals surface area contributed by atoms with Crippen LogP contribution in [0.3, 0.4) is 0 Å². The molecule has 1 aliphatic heterocycles. The van der Waals surface area contributed by atoms with Crippen molar-refractivity contribution in [3.05, 3.63) is 62.4 Å². The van der Waals surface area contributed by atoms with E-state index in [9.17, 15) is 10.1 Å². The van der Waals surface area contributed by atoms with Crippen molar-refractivity contribution in [3.8, 4) is 6.07 Å². The summed E-state index contributed by atoms with van der Waals surface area (Å²) in [6.07, 6.45) is 3.55. The Morgan fingerprint density at radius 2 is 1.83 bits per heavy atom. The molecule has 118 valence electrons. The molecule has 1 aromatic heterocycles. The Kier molecular flexibility index (Phi) is 4.82. The third-order valence-electron chi connectivity index (χ3n) is 4.25. The molecule has 1 saturated heterocycles. The van der Waals surface area contributed by atoms with E-state index in [-0.39, 0.29) is 5.56 Å². The van der Waals surface area contributed by atoms with Crippen LogP contribution in [0.4, 0.5) is 5.82 Å². The number of halogens is 1. The first-order valence-corrected chi connectivity index (χ1v) is 8.62. The van der Waals surface area contributed by atoms with E-state index in [0.29, 0.717) is 16.6 Å². The summed E-state index contributed by atoms with van der Waals surface area (Å²) >= 11 is 3.34. The van der Waals surface area contributed by atoms with Gasteiger partial charge in [-0.05, 0) is 59.0 Å². The molecule has 3 rings (SSSR count). The summed E-state index contributed by atoms with van der Waals surface area (Å²) in [5.74, 6) is 0.936. The lowest BCUT2D eigenvalue weighted by Crippen LogP contribution is -2.35. The lowest BCUT2D eigenvalue weighted by Gasteiger charge is -2.31. The molecule has 0 radical (unpaired) electrons. The third-order valence-corrected chi connectivity index (χ3v) is 4.85. The molecule has 5 heteroatoms. The molecule has 2 aromatic rings. The molecule has 0 saturated carbocycles. The maximum Gasteiger partial charge on any atom is 0.266 e. The van der Waals surface area contributed by atoms with E-state index < -0.39 is 0 Å². The second-order valence-corrected chi connectivity index (χ2v) is 6.60. The van der Waals surface area contributed by atoms with Gasteiger partial charge in [0.15, 0.2) is 0 Å². The zero-order chi connectivity index (χ0) is 16.2. The summed E-state index contributed by atoms with van der Waals surface area (Å²) in [5, 5.41) is 9.28. The van der Waals surface area contributed by atoms with Gasteiger partial charge in [0.1, 0.15) is 5.82 Å². The molecule has 0 atom stereocenters. The molecule has 23 heavy (non-hydrogen) atoms. The van der Waals surface area contributed by atoms with Crippen LogP contribution >= 0.6 is 15.9 Å². The average Bonchev–Trinajstić information content (AvgIpc) is 2.60. The zero-order valence-corrected chi connectivity index (χ0v) is 14.4. The van der Waals surface area contributed by atoms with E-state index in [0.717, 1.165) is 37.3 Å². The predicted molar refractivity (Wildman–Crippen MR) is 94.7 cm³/mol. The van der Waals surface area contributed by atoms with Crippen LogP contribution < -0.4 is 10.5 Å². The maximum absolute atomic E-state index is 12.6. The van der Waals surface area contributed by atoms with E-state index in [1.165, 1.54) is 6.42 Å². The summed E-state index contributed by atoms with van der Waals surface area (Å²) < 4.78 is 2.32. The second-order valence-electron chi connectivity index (χ2n) is 5.75. The van der Waals surface area contributed by atoms with Crippen molar-refractivity contribution in [2.45, 2.75) is 25.8 Å². The number of hydrogen-bond acceptors (Lipinski definition) is 3. The van der Waals surface area contributed by atoms with Crippen LogP contribution in [0.15, 0.2) is 45.7 Å². The quantitative estimate of drug-likeness (QED) is 0.829. The highest BCUT2D eigenvalue weighted by Crippen LogP contribution is 2.22. The molecular weight excluding hydrogens is 354 g/mol. The van der Waals surface area contributed by atoms with Gasteiger partial charge in [0.25, 0.3) is 5.56 Å². The number of rotatable bonds is 3. The lowest BCUT2D eigenvalue weighted by molar-refractivity contribution is 0.559. The summed E-state index contributed by atoms with van der Waals surface area (Å²) in [6, 6.07) is 13.5. The molecule has 0 N–H and O–H groups in total. The summed E-state index contributed by atoms with van der Waals surface area (Å²) in [5.41, 5.74) is 1.43. The highest BCUT2D eigenvalue weighted by atomic mass is 79.9. The van der Waals surface area contributed by atoms with E-state index in [2.05, 4.69) is 26.9 Å². The van der Waals surface area contributed by atoms with Gasteiger partial charge in [-0.3, -0.25) is 9.36 Å². The number of nitrogens with zero attached hydrogens (tertiary/aromatic N) is 3. The van der Waals surface area contributed by atoms with Crippen LogP contribution in [-0.4, -0.2) is 17.7 Å². The standard InChI is InChI=1S/C18H18BrN3O/c19-16-8-9-17(21-10-4-1-5-11-21)22(18(16)23)13-15-7-3-2-6-14(15)12-20/h2-3,6-9H,1,4-5,10-11,13H2. The van der Waals surface area contributed by atoms with Crippen LogP contribution in [0.1, 0.15) is 30.4 Å². The Morgan fingerprint density at radius 3 is 2.57 bits per heavy atom. The first-order valence-electron chi connectivity index (χ1n) is 7.83. The minimum atomic E-state index is -0.0548. The van der Waals surface area contributed by atoms with Crippen LogP contribution in [0, 0.1) is 11.3 Å². The number of anilines is 1. The molecule has 0 bridgehead atoms. The van der Waals surface area contributed by atoms with Gasteiger partial charge < -0.3 is 4.90 Å². The molecule has 1 fully saturated rings. The van der Waals surface area contributed by atoms with Gasteiger partial charge in [-0.2, -0.15) is 5.26 Å². The Labute approximate surface area is 144 Å². The smallest absolute Gasteiger partial charge is 0.266 e. The first-order chi connectivity index (χ1) is 11.2. The SMILES string of the molecule is N#Cc1ccccc1Cn1c(N2CCCCC2)ccc(Br)c1=O. The summed E-state index contributed by atoms with van der Waals surface area (Å²) in [7, 11) is 0. The van der Waals surface area contributed by atoms with Crippen molar-refractivity contribution >= 4 is 21.7 Å². The van der Waals surface area contributed by atoms with E-state index in [1.807, 2.05) is 30.3 Å². The topological polar surface area (TPSA) is 49.0 Å². The minimum Gasteiger partial charge on any atom is -0.358 e. The number of piperidine rings is 1. The van der Waals surface area contributed by atoms with Crippen LogP contribution in [-0.2, 0) is 6.54 Å². The Bertz CT molecular complexity index is 801. The van der Waals surface area contributed by atoms with Gasteiger partial charge in [-0.15, -0.1) is 0 Å². The number of hydrogen-bond donors (Lipinski definition) is 0. The van der Waals surface area contributed by atoms with E-state index in [1.54, 1.807) is 10.6 Å². The van der Waals surface area contributed by atoms with E-state index in [4.69, 9.17) is 0 Å². The van der Waals surface area contributed by atoms with Crippen molar-refractivity contribution in [2.24, 2.45) is 0 Å². The van der Waals surface area contributed by atoms with Crippen molar-refractivity contribution in [1.82, 2.24) is 4.57 Å². The van der Waals surface area contributed by atoms with Crippen molar-refractivity contribution in [2.75, 3.05) is 18.0 Å². The van der Waals surface area contributed by atoms with Crippen LogP contribution in [0.2, 0.25) is 0 Å². The monoisotopic (exact) mass is 371 g/mol. The van der Waals surface area contributed by atoms with Crippen molar-refractivity contribution in [3.63, 3.8) is 0 Å². The fourth-order valence-corrected chi connectivity index (χ4v) is 3.38.